The first-order valence-corrected chi connectivity index (χ1v) is 8.65. The van der Waals surface area contributed by atoms with Gasteiger partial charge in [-0.05, 0) is 79.9 Å². The second-order valence-corrected chi connectivity index (χ2v) is 7.32. The Kier molecular flexibility index (Phi) is 5.40. The Bertz CT molecular complexity index is 730. The van der Waals surface area contributed by atoms with Gasteiger partial charge < -0.3 is 20.1 Å². The Labute approximate surface area is 160 Å². The number of carbonyl (C=O) groups is 1. The third-order valence-corrected chi connectivity index (χ3v) is 6.46. The van der Waals surface area contributed by atoms with Crippen LogP contribution < -0.4 is 4.74 Å². The van der Waals surface area contributed by atoms with E-state index in [9.17, 15) is 20.1 Å². The molecule has 0 atom stereocenters. The van der Waals surface area contributed by atoms with Gasteiger partial charge in [0.05, 0.1) is 5.56 Å². The fraction of sp³-hybridized carbons (Fsp3) is 0. The van der Waals surface area contributed by atoms with Gasteiger partial charge in [0.2, 0.25) is 0 Å². The number of rotatable bonds is 2. The first kappa shape index (κ1) is 16.9. The van der Waals surface area contributed by atoms with Crippen LogP contribution in [0.3, 0.4) is 0 Å². The number of benzene rings is 2. The lowest BCUT2D eigenvalue weighted by Crippen LogP contribution is -2.13. The van der Waals surface area contributed by atoms with Crippen LogP contribution in [-0.2, 0) is 0 Å². The van der Waals surface area contributed by atoms with Crippen LogP contribution in [0.1, 0.15) is 10.4 Å². The van der Waals surface area contributed by atoms with Crippen LogP contribution in [0.2, 0.25) is 0 Å². The zero-order valence-electron chi connectivity index (χ0n) is 10.1. The largest absolute Gasteiger partial charge is 0.504 e. The Balaban J connectivity index is 2.40. The highest BCUT2D eigenvalue weighted by molar-refractivity contribution is 14.1. The normalized spacial score (nSPS) is 10.4. The molecular formula is C13H7I3O5. The molecule has 0 radical (unpaired) electrons. The quantitative estimate of drug-likeness (QED) is 0.118. The minimum Gasteiger partial charge on any atom is -0.504 e. The zero-order chi connectivity index (χ0) is 15.7. The van der Waals surface area contributed by atoms with Crippen molar-refractivity contribution in [2.24, 2.45) is 0 Å². The zero-order valence-corrected chi connectivity index (χ0v) is 16.6. The van der Waals surface area contributed by atoms with Crippen LogP contribution in [0.25, 0.3) is 0 Å². The number of halogens is 3. The number of ether oxygens (including phenoxy) is 1. The van der Waals surface area contributed by atoms with Crippen molar-refractivity contribution in [3.05, 3.63) is 40.5 Å². The molecule has 0 aliphatic rings. The number of phenolic OH excluding ortho intramolecular Hbond substituents is 3. The number of carbonyl (C=O) groups excluding carboxylic acids is 1. The predicted octanol–water partition coefficient (Wildman–Crippen LogP) is 3.84. The Morgan fingerprint density at radius 2 is 1.48 bits per heavy atom. The molecule has 0 saturated heterocycles. The topological polar surface area (TPSA) is 87.0 Å². The van der Waals surface area contributed by atoms with Gasteiger partial charge in [-0.2, -0.15) is 0 Å². The smallest absolute Gasteiger partial charge is 0.345 e. The van der Waals surface area contributed by atoms with Crippen LogP contribution in [0.5, 0.6) is 23.0 Å². The standard InChI is InChI=1S/C13H7I3O5/c14-5-1-2-6(15)12(16)11(5)13(20)21-10-4-8(18)7(17)3-9(10)19/h1-4,17-19H. The van der Waals surface area contributed by atoms with Crippen molar-refractivity contribution in [2.45, 2.75) is 0 Å². The monoisotopic (exact) mass is 624 g/mol. The number of hydrogen-bond acceptors (Lipinski definition) is 5. The van der Waals surface area contributed by atoms with E-state index >= 15 is 0 Å². The molecule has 0 spiro atoms. The lowest BCUT2D eigenvalue weighted by molar-refractivity contribution is 0.0727. The van der Waals surface area contributed by atoms with Crippen molar-refractivity contribution in [3.63, 3.8) is 0 Å². The number of esters is 1. The van der Waals surface area contributed by atoms with Crippen LogP contribution in [0.15, 0.2) is 24.3 Å². The van der Waals surface area contributed by atoms with Gasteiger partial charge in [-0.25, -0.2) is 4.79 Å². The number of phenols is 3. The molecule has 0 saturated carbocycles. The molecular weight excluding hydrogens is 617 g/mol. The van der Waals surface area contributed by atoms with Crippen molar-refractivity contribution in [1.29, 1.82) is 0 Å². The second kappa shape index (κ2) is 6.73. The van der Waals surface area contributed by atoms with E-state index < -0.39 is 23.2 Å². The molecule has 0 unspecified atom stereocenters. The molecule has 21 heavy (non-hydrogen) atoms. The van der Waals surface area contributed by atoms with E-state index in [1.807, 2.05) is 51.2 Å². The summed E-state index contributed by atoms with van der Waals surface area (Å²) in [6.07, 6.45) is 0. The van der Waals surface area contributed by atoms with Crippen molar-refractivity contribution >= 4 is 73.7 Å². The van der Waals surface area contributed by atoms with Gasteiger partial charge in [-0.3, -0.25) is 0 Å². The van der Waals surface area contributed by atoms with Crippen LogP contribution in [0, 0.1) is 10.7 Å². The van der Waals surface area contributed by atoms with E-state index in [0.29, 0.717) is 9.13 Å². The van der Waals surface area contributed by atoms with E-state index in [-0.39, 0.29) is 5.75 Å². The van der Waals surface area contributed by atoms with Gasteiger partial charge in [0.1, 0.15) is 0 Å². The summed E-state index contributed by atoms with van der Waals surface area (Å²) in [5.74, 6) is -2.29. The highest BCUT2D eigenvalue weighted by atomic mass is 127. The Morgan fingerprint density at radius 3 is 2.14 bits per heavy atom. The highest BCUT2D eigenvalue weighted by Gasteiger charge is 2.20. The molecule has 8 heteroatoms. The summed E-state index contributed by atoms with van der Waals surface area (Å²) in [7, 11) is 0. The molecule has 3 N–H and O–H groups in total. The molecule has 5 nitrogen and oxygen atoms in total. The van der Waals surface area contributed by atoms with Gasteiger partial charge in [-0.1, -0.05) is 0 Å². The molecule has 0 heterocycles. The molecule has 0 bridgehead atoms. The van der Waals surface area contributed by atoms with E-state index in [4.69, 9.17) is 4.74 Å². The number of hydrogen-bond donors (Lipinski definition) is 3. The number of aromatic hydroxyl groups is 3. The minimum absolute atomic E-state index is 0.222. The molecule has 2 aromatic rings. The fourth-order valence-corrected chi connectivity index (χ4v) is 3.82. The molecule has 0 amide bonds. The molecule has 0 fully saturated rings. The first-order valence-electron chi connectivity index (χ1n) is 5.42. The van der Waals surface area contributed by atoms with E-state index in [2.05, 4.69) is 22.6 Å². The van der Waals surface area contributed by atoms with E-state index in [0.717, 1.165) is 19.3 Å². The third-order valence-electron chi connectivity index (χ3n) is 2.51. The van der Waals surface area contributed by atoms with Gasteiger partial charge in [-0.15, -0.1) is 0 Å². The lowest BCUT2D eigenvalue weighted by Gasteiger charge is -2.11. The summed E-state index contributed by atoms with van der Waals surface area (Å²) < 4.78 is 7.47. The summed E-state index contributed by atoms with van der Waals surface area (Å²) in [5, 5.41) is 28.3. The van der Waals surface area contributed by atoms with Crippen molar-refractivity contribution in [3.8, 4) is 23.0 Å². The Hall–Kier alpha value is -0.500. The van der Waals surface area contributed by atoms with Crippen LogP contribution in [-0.4, -0.2) is 21.3 Å². The van der Waals surface area contributed by atoms with Gasteiger partial charge >= 0.3 is 5.97 Å². The SMILES string of the molecule is O=C(Oc1cc(O)c(O)cc1O)c1c(I)ccc(I)c1I. The summed E-state index contributed by atoms with van der Waals surface area (Å²) in [4.78, 5) is 12.3. The van der Waals surface area contributed by atoms with E-state index in [1.165, 1.54) is 0 Å². The van der Waals surface area contributed by atoms with Gasteiger partial charge in [0, 0.05) is 22.8 Å². The molecule has 0 aliphatic heterocycles. The fourth-order valence-electron chi connectivity index (χ4n) is 1.49. The molecule has 0 aromatic heterocycles. The minimum atomic E-state index is -0.650. The van der Waals surface area contributed by atoms with Crippen molar-refractivity contribution in [1.82, 2.24) is 0 Å². The first-order chi connectivity index (χ1) is 9.81. The summed E-state index contributed by atoms with van der Waals surface area (Å²) in [6.45, 7) is 0. The maximum absolute atomic E-state index is 12.3. The maximum Gasteiger partial charge on any atom is 0.345 e. The summed E-state index contributed by atoms with van der Waals surface area (Å²) >= 11 is 6.17. The summed E-state index contributed by atoms with van der Waals surface area (Å²) in [5.41, 5.74) is 0.384. The second-order valence-electron chi connectivity index (χ2n) is 3.92. The highest BCUT2D eigenvalue weighted by Crippen LogP contribution is 2.38. The van der Waals surface area contributed by atoms with Crippen LogP contribution >= 0.6 is 67.8 Å². The van der Waals surface area contributed by atoms with Gasteiger partial charge in [0.25, 0.3) is 0 Å². The third kappa shape index (κ3) is 3.64. The maximum atomic E-state index is 12.3. The van der Waals surface area contributed by atoms with Gasteiger partial charge in [0.15, 0.2) is 23.0 Å². The molecule has 2 rings (SSSR count). The predicted molar refractivity (Wildman–Crippen MR) is 101 cm³/mol. The Morgan fingerprint density at radius 1 is 0.905 bits per heavy atom. The molecule has 0 aliphatic carbocycles. The average molecular weight is 624 g/mol. The average Bonchev–Trinajstić information content (AvgIpc) is 2.41. The van der Waals surface area contributed by atoms with Crippen molar-refractivity contribution < 1.29 is 24.9 Å². The van der Waals surface area contributed by atoms with E-state index in [1.54, 1.807) is 6.07 Å². The molecule has 2 aromatic carbocycles. The molecule has 110 valence electrons. The summed E-state index contributed by atoms with van der Waals surface area (Å²) in [6, 6.07) is 5.55. The lowest BCUT2D eigenvalue weighted by atomic mass is 10.2. The van der Waals surface area contributed by atoms with Crippen LogP contribution in [0.4, 0.5) is 0 Å². The van der Waals surface area contributed by atoms with Crippen molar-refractivity contribution in [2.75, 3.05) is 0 Å².